The fraction of sp³-hybridized carbons (Fsp3) is 0.933. The number of rotatable bonds is 0. The van der Waals surface area contributed by atoms with Crippen molar-refractivity contribution in [2.45, 2.75) is 64.5 Å². The van der Waals surface area contributed by atoms with Gasteiger partial charge in [-0.3, -0.25) is 0 Å². The molecule has 2 aliphatic heterocycles. The molecule has 0 aromatic rings. The van der Waals surface area contributed by atoms with Gasteiger partial charge >= 0.3 is 6.09 Å². The maximum Gasteiger partial charge on any atom is 0.410 e. The van der Waals surface area contributed by atoms with Crippen LogP contribution in [-0.2, 0) is 4.74 Å². The van der Waals surface area contributed by atoms with Crippen molar-refractivity contribution in [3.63, 3.8) is 0 Å². The van der Waals surface area contributed by atoms with E-state index in [1.54, 1.807) is 0 Å². The molecule has 2 heterocycles. The third kappa shape index (κ3) is 4.10. The van der Waals surface area contributed by atoms with E-state index < -0.39 is 5.60 Å². The summed E-state index contributed by atoms with van der Waals surface area (Å²) >= 11 is 0. The summed E-state index contributed by atoms with van der Waals surface area (Å²) in [6, 6.07) is 0.368. The first-order chi connectivity index (χ1) is 8.97. The summed E-state index contributed by atoms with van der Waals surface area (Å²) < 4.78 is 5.59. The van der Waals surface area contributed by atoms with Crippen LogP contribution in [0.15, 0.2) is 0 Å². The molecule has 4 nitrogen and oxygen atoms in total. The number of ether oxygens (including phenoxy) is 1. The molecular formula is C15H28N2O2. The number of amides is 1. The zero-order valence-electron chi connectivity index (χ0n) is 12.6. The number of hydrogen-bond donors (Lipinski definition) is 1. The summed E-state index contributed by atoms with van der Waals surface area (Å²) in [5.74, 6) is 0.595. The van der Waals surface area contributed by atoms with E-state index in [1.807, 2.05) is 25.7 Å². The normalized spacial score (nSPS) is 29.1. The first-order valence-corrected chi connectivity index (χ1v) is 7.68. The van der Waals surface area contributed by atoms with E-state index in [0.717, 1.165) is 38.9 Å². The van der Waals surface area contributed by atoms with E-state index in [0.29, 0.717) is 12.0 Å². The third-order valence-electron chi connectivity index (χ3n) is 4.06. The van der Waals surface area contributed by atoms with Crippen molar-refractivity contribution < 1.29 is 9.53 Å². The minimum absolute atomic E-state index is 0.119. The molecule has 0 radical (unpaired) electrons. The summed E-state index contributed by atoms with van der Waals surface area (Å²) in [6.45, 7) is 8.80. The molecule has 2 aliphatic rings. The highest BCUT2D eigenvalue weighted by Crippen LogP contribution is 2.28. The molecule has 1 N–H and O–H groups in total. The van der Waals surface area contributed by atoms with Gasteiger partial charge in [0, 0.05) is 12.6 Å². The van der Waals surface area contributed by atoms with Gasteiger partial charge in [-0.25, -0.2) is 4.79 Å². The quantitative estimate of drug-likeness (QED) is 0.734. The third-order valence-corrected chi connectivity index (χ3v) is 4.06. The number of hydrogen-bond acceptors (Lipinski definition) is 3. The Morgan fingerprint density at radius 1 is 1.21 bits per heavy atom. The predicted molar refractivity (Wildman–Crippen MR) is 76.2 cm³/mol. The average Bonchev–Trinajstić information content (AvgIpc) is 2.60. The van der Waals surface area contributed by atoms with Crippen LogP contribution in [0.25, 0.3) is 0 Å². The molecule has 19 heavy (non-hydrogen) atoms. The van der Waals surface area contributed by atoms with Crippen molar-refractivity contribution in [1.29, 1.82) is 0 Å². The Morgan fingerprint density at radius 2 is 2.00 bits per heavy atom. The van der Waals surface area contributed by atoms with Crippen LogP contribution in [0.4, 0.5) is 4.79 Å². The van der Waals surface area contributed by atoms with Gasteiger partial charge in [0.25, 0.3) is 0 Å². The van der Waals surface area contributed by atoms with E-state index in [-0.39, 0.29) is 6.09 Å². The molecule has 4 heteroatoms. The van der Waals surface area contributed by atoms with Crippen molar-refractivity contribution in [1.82, 2.24) is 10.2 Å². The topological polar surface area (TPSA) is 41.6 Å². The second kappa shape index (κ2) is 6.12. The number of carbonyl (C=O) groups excluding carboxylic acids is 1. The Morgan fingerprint density at radius 3 is 2.74 bits per heavy atom. The van der Waals surface area contributed by atoms with Crippen LogP contribution in [0.1, 0.15) is 52.9 Å². The van der Waals surface area contributed by atoms with Crippen LogP contribution in [0, 0.1) is 5.92 Å². The van der Waals surface area contributed by atoms with Crippen molar-refractivity contribution >= 4 is 6.09 Å². The fourth-order valence-electron chi connectivity index (χ4n) is 3.20. The first kappa shape index (κ1) is 14.6. The highest BCUT2D eigenvalue weighted by molar-refractivity contribution is 5.68. The van der Waals surface area contributed by atoms with E-state index in [9.17, 15) is 4.79 Å². The van der Waals surface area contributed by atoms with Crippen LogP contribution in [0.3, 0.4) is 0 Å². The fourth-order valence-corrected chi connectivity index (χ4v) is 3.20. The molecule has 0 aliphatic carbocycles. The maximum atomic E-state index is 12.4. The summed E-state index contributed by atoms with van der Waals surface area (Å²) in [5, 5.41) is 3.50. The molecule has 0 aromatic carbocycles. The number of fused-ring (bicyclic) bond motifs is 1. The standard InChI is InChI=1S/C15H28N2O2/c1-15(2,3)19-14(18)17-10-5-4-7-12-11-16-9-6-8-13(12)17/h12-13,16H,4-11H2,1-3H3. The molecule has 2 saturated heterocycles. The second-order valence-electron chi connectivity index (χ2n) is 6.84. The van der Waals surface area contributed by atoms with Crippen LogP contribution < -0.4 is 5.32 Å². The van der Waals surface area contributed by atoms with Gasteiger partial charge in [-0.05, 0) is 65.5 Å². The van der Waals surface area contributed by atoms with Gasteiger partial charge in [0.15, 0.2) is 0 Å². The molecule has 110 valence electrons. The van der Waals surface area contributed by atoms with Gasteiger partial charge in [-0.1, -0.05) is 6.42 Å². The van der Waals surface area contributed by atoms with Crippen molar-refractivity contribution in [3.8, 4) is 0 Å². The van der Waals surface area contributed by atoms with Crippen molar-refractivity contribution in [2.24, 2.45) is 5.92 Å². The highest BCUT2D eigenvalue weighted by atomic mass is 16.6. The lowest BCUT2D eigenvalue weighted by Gasteiger charge is -2.35. The molecule has 0 spiro atoms. The molecule has 2 rings (SSSR count). The molecule has 2 unspecified atom stereocenters. The molecule has 1 amide bonds. The Kier molecular flexibility index (Phi) is 4.71. The van der Waals surface area contributed by atoms with E-state index in [1.165, 1.54) is 12.8 Å². The summed E-state index contributed by atoms with van der Waals surface area (Å²) in [7, 11) is 0. The average molecular weight is 268 g/mol. The lowest BCUT2D eigenvalue weighted by atomic mass is 9.93. The predicted octanol–water partition coefficient (Wildman–Crippen LogP) is 2.78. The van der Waals surface area contributed by atoms with E-state index in [2.05, 4.69) is 5.32 Å². The van der Waals surface area contributed by atoms with Gasteiger partial charge < -0.3 is 15.0 Å². The zero-order chi connectivity index (χ0) is 13.9. The Bertz CT molecular complexity index is 310. The SMILES string of the molecule is CC(C)(C)OC(=O)N1CCCCC2CNCCCC21. The van der Waals surface area contributed by atoms with Crippen LogP contribution in [-0.4, -0.2) is 42.3 Å². The zero-order valence-corrected chi connectivity index (χ0v) is 12.6. The molecular weight excluding hydrogens is 240 g/mol. The van der Waals surface area contributed by atoms with Gasteiger partial charge in [0.1, 0.15) is 5.60 Å². The lowest BCUT2D eigenvalue weighted by molar-refractivity contribution is 0.0114. The van der Waals surface area contributed by atoms with Crippen LogP contribution >= 0.6 is 0 Å². The molecule has 0 bridgehead atoms. The molecule has 0 aromatic heterocycles. The lowest BCUT2D eigenvalue weighted by Crippen LogP contribution is -2.47. The number of nitrogens with one attached hydrogen (secondary N) is 1. The smallest absolute Gasteiger partial charge is 0.410 e. The number of nitrogens with zero attached hydrogens (tertiary/aromatic N) is 1. The van der Waals surface area contributed by atoms with Crippen molar-refractivity contribution in [3.05, 3.63) is 0 Å². The molecule has 2 atom stereocenters. The minimum atomic E-state index is -0.401. The van der Waals surface area contributed by atoms with Gasteiger partial charge in [0.05, 0.1) is 0 Å². The van der Waals surface area contributed by atoms with Gasteiger partial charge in [0.2, 0.25) is 0 Å². The number of likely N-dealkylation sites (tertiary alicyclic amines) is 1. The van der Waals surface area contributed by atoms with Gasteiger partial charge in [-0.2, -0.15) is 0 Å². The molecule has 0 saturated carbocycles. The summed E-state index contributed by atoms with van der Waals surface area (Å²) in [6.07, 6.45) is 5.70. The van der Waals surface area contributed by atoms with Gasteiger partial charge in [-0.15, -0.1) is 0 Å². The highest BCUT2D eigenvalue weighted by Gasteiger charge is 2.35. The van der Waals surface area contributed by atoms with E-state index >= 15 is 0 Å². The number of carbonyl (C=O) groups is 1. The monoisotopic (exact) mass is 268 g/mol. The largest absolute Gasteiger partial charge is 0.444 e. The maximum absolute atomic E-state index is 12.4. The second-order valence-corrected chi connectivity index (χ2v) is 6.84. The van der Waals surface area contributed by atoms with Crippen LogP contribution in [0.2, 0.25) is 0 Å². The molecule has 2 fully saturated rings. The summed E-state index contributed by atoms with van der Waals surface area (Å²) in [4.78, 5) is 14.4. The minimum Gasteiger partial charge on any atom is -0.444 e. The Labute approximate surface area is 116 Å². The Balaban J connectivity index is 2.09. The Hall–Kier alpha value is -0.770. The summed E-state index contributed by atoms with van der Waals surface area (Å²) in [5.41, 5.74) is -0.401. The van der Waals surface area contributed by atoms with Crippen molar-refractivity contribution in [2.75, 3.05) is 19.6 Å². The van der Waals surface area contributed by atoms with E-state index in [4.69, 9.17) is 4.74 Å². The van der Waals surface area contributed by atoms with Crippen LogP contribution in [0.5, 0.6) is 0 Å². The first-order valence-electron chi connectivity index (χ1n) is 7.68.